The maximum absolute atomic E-state index is 17.8. The minimum absolute atomic E-state index is 0. The molecule has 8 aromatic carbocycles. The van der Waals surface area contributed by atoms with E-state index in [0.29, 0.717) is 55.4 Å². The van der Waals surface area contributed by atoms with E-state index in [9.17, 15) is 0 Å². The van der Waals surface area contributed by atoms with Crippen LogP contribution in [0.15, 0.2) is 0 Å². The van der Waals surface area contributed by atoms with Crippen LogP contribution in [0, 0.1) is 140 Å². The molecule has 0 radical (unpaired) electrons. The quantitative estimate of drug-likeness (QED) is 0.0529. The number of hydrogen-bond donors (Lipinski definition) is 0. The first-order chi connectivity index (χ1) is 37.6. The van der Waals surface area contributed by atoms with Gasteiger partial charge in [0.15, 0.2) is 140 Å². The summed E-state index contributed by atoms with van der Waals surface area (Å²) in [5.74, 6) is -87.9. The molecule has 0 aliphatic carbocycles. The van der Waals surface area contributed by atoms with Crippen LogP contribution >= 0.6 is 0 Å². The second kappa shape index (κ2) is 21.6. The Bertz CT molecular complexity index is 3580. The Balaban J connectivity index is 0.00000968. The van der Waals surface area contributed by atoms with Gasteiger partial charge in [0.25, 0.3) is 0 Å². The molecule has 0 aliphatic rings. The summed E-state index contributed by atoms with van der Waals surface area (Å²) < 4.78 is 427. The summed E-state index contributed by atoms with van der Waals surface area (Å²) >= 11 is 0. The fraction of sp³-hybridized carbons (Fsp3) is 0.231. The van der Waals surface area contributed by atoms with E-state index in [1.807, 2.05) is 0 Å². The minimum Gasteiger partial charge on any atom is -0.491 e. The molecule has 8 aromatic rings. The maximum Gasteiger partial charge on any atom is 1.00 e. The maximum atomic E-state index is 17.8. The number of hydrogen-bond acceptors (Lipinski definition) is 4. The summed E-state index contributed by atoms with van der Waals surface area (Å²) in [6, 6.07) is 0. The van der Waals surface area contributed by atoms with Crippen LogP contribution < -0.4 is 59.7 Å². The second-order valence-electron chi connectivity index (χ2n) is 19.0. The molecule has 0 unspecified atom stereocenters. The van der Waals surface area contributed by atoms with Gasteiger partial charge in [-0.25, -0.2) is 87.8 Å². The van der Waals surface area contributed by atoms with Gasteiger partial charge in [0, 0.05) is 0 Å². The molecule has 30 heteroatoms. The third-order valence-corrected chi connectivity index (χ3v) is 12.7. The molecule has 0 spiro atoms. The Morgan fingerprint density at radius 2 is 0.317 bits per heavy atom. The summed E-state index contributed by atoms with van der Waals surface area (Å²) in [6.45, 7) is 5.53. The molecule has 432 valence electrons. The van der Waals surface area contributed by atoms with Crippen molar-refractivity contribution in [3.63, 3.8) is 0 Å². The largest absolute Gasteiger partial charge is 1.00 e. The topological polar surface area (TPSA) is 36.9 Å². The number of halogens is 24. The van der Waals surface area contributed by atoms with Crippen molar-refractivity contribution >= 4 is 71.1 Å². The van der Waals surface area contributed by atoms with Crippen LogP contribution in [0.5, 0.6) is 23.0 Å². The molecule has 0 bridgehead atoms. The van der Waals surface area contributed by atoms with Gasteiger partial charge >= 0.3 is 18.9 Å². The molecule has 4 nitrogen and oxygen atoms in total. The Morgan fingerprint density at radius 3 is 0.451 bits per heavy atom. The Labute approximate surface area is 455 Å². The minimum atomic E-state index is -7.20. The van der Waals surface area contributed by atoms with Gasteiger partial charge in [-0.1, -0.05) is 0 Å². The summed E-state index contributed by atoms with van der Waals surface area (Å²) in [4.78, 5) is 0. The predicted molar refractivity (Wildman–Crippen MR) is 242 cm³/mol. The van der Waals surface area contributed by atoms with Crippen molar-refractivity contribution in [2.45, 2.75) is 79.8 Å². The standard InChI is InChI=1S/C52H28BF24O4.Li/c1-9(2)78-49-21(13-17(33(62)45(49)74)29(58)41(70)37(66)25(13)54)53(22-14-18(30(59)42(71)38(67)26(14)55)34(63)46(75)50(22)79-10(3)4,23-15-19(31(60)43(72)39(68)27(15)56)35(64)47(76)51(23)80-11(5)6)24-16-20(32(61)44(73)40(69)28(16)57)36(65)48(77)52(24)81-12(7)8;/h9-12H,1-8H3;/q-1;+1. The molecule has 0 saturated carbocycles. The summed E-state index contributed by atoms with van der Waals surface area (Å²) in [5, 5.41) is -22.7. The van der Waals surface area contributed by atoms with E-state index >= 15 is 105 Å². The van der Waals surface area contributed by atoms with Gasteiger partial charge in [-0.3, -0.25) is 0 Å². The van der Waals surface area contributed by atoms with Crippen molar-refractivity contribution in [1.29, 1.82) is 0 Å². The summed E-state index contributed by atoms with van der Waals surface area (Å²) in [7, 11) is 0. The third-order valence-electron chi connectivity index (χ3n) is 12.7. The van der Waals surface area contributed by atoms with Gasteiger partial charge in [0.1, 0.15) is 29.1 Å². The van der Waals surface area contributed by atoms with Crippen molar-refractivity contribution < 1.29 is 143 Å². The average molecular weight is 1190 g/mol. The van der Waals surface area contributed by atoms with E-state index < -0.39 is 258 Å². The van der Waals surface area contributed by atoms with Crippen LogP contribution in [0.4, 0.5) is 105 Å². The zero-order valence-electron chi connectivity index (χ0n) is 42.6. The van der Waals surface area contributed by atoms with Crippen LogP contribution in [-0.4, -0.2) is 30.6 Å². The first kappa shape index (κ1) is 62.6. The van der Waals surface area contributed by atoms with Gasteiger partial charge in [-0.2, -0.15) is 17.6 Å². The molecule has 0 saturated heterocycles. The molecule has 0 aliphatic heterocycles. The smallest absolute Gasteiger partial charge is 0.491 e. The van der Waals surface area contributed by atoms with E-state index in [2.05, 4.69) is 0 Å². The van der Waals surface area contributed by atoms with E-state index in [-0.39, 0.29) is 18.9 Å². The van der Waals surface area contributed by atoms with Crippen LogP contribution in [0.3, 0.4) is 0 Å². The Morgan fingerprint density at radius 1 is 0.195 bits per heavy atom. The zero-order valence-corrected chi connectivity index (χ0v) is 42.6. The van der Waals surface area contributed by atoms with Gasteiger partial charge in [0.05, 0.1) is 46.0 Å². The molecule has 0 aromatic heterocycles. The van der Waals surface area contributed by atoms with E-state index in [1.165, 1.54) is 0 Å². The number of fused-ring (bicyclic) bond motifs is 4. The SMILES string of the molecule is CC(C)Oc1c(F)c(F)c2c(F)c(F)c(F)c(F)c2c1[B-](c1c(OC(C)C)c(F)c(F)c2c(F)c(F)c(F)c(F)c12)(c1c(OC(C)C)c(F)c(F)c2c(F)c(F)c(F)c(F)c12)c1c(OC(C)C)c(F)c(F)c2c(F)c(F)c(F)c(F)c12.[Li+]. The molecule has 82 heavy (non-hydrogen) atoms. The number of benzene rings is 8. The van der Waals surface area contributed by atoms with Gasteiger partial charge < -0.3 is 18.9 Å². The molecule has 8 rings (SSSR count). The van der Waals surface area contributed by atoms with Crippen LogP contribution in [0.1, 0.15) is 55.4 Å². The van der Waals surface area contributed by atoms with Crippen molar-refractivity contribution in [3.8, 4) is 23.0 Å². The van der Waals surface area contributed by atoms with Crippen molar-refractivity contribution in [2.75, 3.05) is 0 Å². The number of ether oxygens (including phenoxy) is 4. The van der Waals surface area contributed by atoms with E-state index in [1.54, 1.807) is 0 Å². The predicted octanol–water partition coefficient (Wildman–Crippen LogP) is 11.2. The van der Waals surface area contributed by atoms with Gasteiger partial charge in [-0.15, -0.1) is 21.9 Å². The Hall–Kier alpha value is -7.02. The van der Waals surface area contributed by atoms with Crippen molar-refractivity contribution in [2.24, 2.45) is 0 Å². The molecule has 0 N–H and O–H groups in total. The molecule has 0 atom stereocenters. The van der Waals surface area contributed by atoms with Crippen LogP contribution in [0.2, 0.25) is 0 Å². The molecule has 0 amide bonds. The van der Waals surface area contributed by atoms with Crippen molar-refractivity contribution in [3.05, 3.63) is 140 Å². The van der Waals surface area contributed by atoms with E-state index in [0.717, 1.165) is 0 Å². The molecular weight excluding hydrogens is 1160 g/mol. The first-order valence-electron chi connectivity index (χ1n) is 23.1. The average Bonchev–Trinajstić information content (AvgIpc) is 3.53. The fourth-order valence-electron chi connectivity index (χ4n) is 10.0. The molecule has 0 fully saturated rings. The normalized spacial score (nSPS) is 12.2. The zero-order chi connectivity index (χ0) is 60.7. The monoisotopic (exact) mass is 1190 g/mol. The fourth-order valence-corrected chi connectivity index (χ4v) is 10.0. The van der Waals surface area contributed by atoms with Crippen molar-refractivity contribution in [1.82, 2.24) is 0 Å². The van der Waals surface area contributed by atoms with Crippen LogP contribution in [-0.2, 0) is 0 Å². The van der Waals surface area contributed by atoms with E-state index in [4.69, 9.17) is 18.9 Å². The van der Waals surface area contributed by atoms with Crippen LogP contribution in [0.25, 0.3) is 43.1 Å². The third kappa shape index (κ3) is 8.66. The first-order valence-corrected chi connectivity index (χ1v) is 23.1. The molecular formula is C52H28BF24LiO4. The second-order valence-corrected chi connectivity index (χ2v) is 19.0. The number of rotatable bonds is 12. The van der Waals surface area contributed by atoms with Gasteiger partial charge in [0.2, 0.25) is 0 Å². The molecule has 0 heterocycles. The van der Waals surface area contributed by atoms with Gasteiger partial charge in [-0.05, 0) is 76.9 Å². The summed E-state index contributed by atoms with van der Waals surface area (Å²) in [5.41, 5.74) is -11.4. The summed E-state index contributed by atoms with van der Waals surface area (Å²) in [6.07, 6.45) is -15.6. The Kier molecular flexibility index (Phi) is 16.5.